The Labute approximate surface area is 100 Å². The van der Waals surface area contributed by atoms with Gasteiger partial charge in [-0.1, -0.05) is 11.6 Å². The third kappa shape index (κ3) is 4.03. The van der Waals surface area contributed by atoms with E-state index in [9.17, 15) is 13.2 Å². The van der Waals surface area contributed by atoms with Crippen LogP contribution in [0.2, 0.25) is 5.02 Å². The molecule has 0 aliphatic carbocycles. The lowest BCUT2D eigenvalue weighted by atomic mass is 10.2. The summed E-state index contributed by atoms with van der Waals surface area (Å²) in [5, 5.41) is 19.9. The third-order valence-corrected chi connectivity index (χ3v) is 2.17. The number of pyridine rings is 1. The van der Waals surface area contributed by atoms with Gasteiger partial charge < -0.3 is 15.5 Å². The molecule has 1 rings (SSSR count). The number of hydrogen-bond donors (Lipinski definition) is 3. The Balaban J connectivity index is 2.77. The van der Waals surface area contributed by atoms with Gasteiger partial charge in [0.05, 0.1) is 23.3 Å². The molecule has 0 saturated heterocycles. The summed E-state index contributed by atoms with van der Waals surface area (Å²) < 4.78 is 36.8. The van der Waals surface area contributed by atoms with Crippen molar-refractivity contribution in [3.63, 3.8) is 0 Å². The van der Waals surface area contributed by atoms with E-state index in [2.05, 4.69) is 10.3 Å². The van der Waals surface area contributed by atoms with E-state index in [0.717, 1.165) is 6.07 Å². The Hall–Kier alpha value is -1.05. The van der Waals surface area contributed by atoms with Crippen molar-refractivity contribution in [2.24, 2.45) is 0 Å². The highest BCUT2D eigenvalue weighted by atomic mass is 35.5. The normalized spacial score (nSPS) is 13.5. The SMILES string of the molecule is OC[C@@H](O)CNc1ncc(C(F)(F)F)cc1Cl. The van der Waals surface area contributed by atoms with E-state index < -0.39 is 24.5 Å². The molecule has 96 valence electrons. The largest absolute Gasteiger partial charge is 0.417 e. The van der Waals surface area contributed by atoms with Crippen LogP contribution in [-0.4, -0.2) is 34.5 Å². The summed E-state index contributed by atoms with van der Waals surface area (Å²) in [6.07, 6.45) is -4.89. The minimum atomic E-state index is -4.50. The summed E-state index contributed by atoms with van der Waals surface area (Å²) >= 11 is 5.59. The number of hydrogen-bond acceptors (Lipinski definition) is 4. The number of nitrogens with zero attached hydrogens (tertiary/aromatic N) is 1. The number of alkyl halides is 3. The molecule has 0 aromatic carbocycles. The lowest BCUT2D eigenvalue weighted by Gasteiger charge is -2.12. The molecule has 0 bridgehead atoms. The van der Waals surface area contributed by atoms with Crippen LogP contribution < -0.4 is 5.32 Å². The fourth-order valence-electron chi connectivity index (χ4n) is 1.00. The maximum Gasteiger partial charge on any atom is 0.417 e. The predicted molar refractivity (Wildman–Crippen MR) is 55.8 cm³/mol. The molecule has 3 N–H and O–H groups in total. The van der Waals surface area contributed by atoms with Gasteiger partial charge in [0, 0.05) is 12.7 Å². The number of halogens is 4. The summed E-state index contributed by atoms with van der Waals surface area (Å²) in [5.41, 5.74) is -0.948. The average molecular weight is 271 g/mol. The second-order valence-corrected chi connectivity index (χ2v) is 3.68. The second-order valence-electron chi connectivity index (χ2n) is 3.27. The quantitative estimate of drug-likeness (QED) is 0.776. The Morgan fingerprint density at radius 1 is 1.47 bits per heavy atom. The van der Waals surface area contributed by atoms with Gasteiger partial charge in [0.1, 0.15) is 5.82 Å². The number of aliphatic hydroxyl groups is 2. The summed E-state index contributed by atoms with van der Waals surface area (Å²) in [6, 6.07) is 0.738. The van der Waals surface area contributed by atoms with E-state index in [0.29, 0.717) is 6.20 Å². The molecule has 0 amide bonds. The fraction of sp³-hybridized carbons (Fsp3) is 0.444. The van der Waals surface area contributed by atoms with Gasteiger partial charge in [0.2, 0.25) is 0 Å². The van der Waals surface area contributed by atoms with Gasteiger partial charge in [-0.2, -0.15) is 13.2 Å². The van der Waals surface area contributed by atoms with Gasteiger partial charge in [0.25, 0.3) is 0 Å². The van der Waals surface area contributed by atoms with Gasteiger partial charge in [-0.25, -0.2) is 4.98 Å². The Kier molecular flexibility index (Phi) is 4.55. The number of anilines is 1. The first-order chi connectivity index (χ1) is 7.84. The van der Waals surface area contributed by atoms with Crippen LogP contribution >= 0.6 is 11.6 Å². The highest BCUT2D eigenvalue weighted by molar-refractivity contribution is 6.32. The van der Waals surface area contributed by atoms with Gasteiger partial charge in [0.15, 0.2) is 0 Å². The third-order valence-electron chi connectivity index (χ3n) is 1.88. The van der Waals surface area contributed by atoms with E-state index in [1.807, 2.05) is 0 Å². The number of aromatic nitrogens is 1. The lowest BCUT2D eigenvalue weighted by Crippen LogP contribution is -2.23. The maximum atomic E-state index is 12.3. The molecule has 0 saturated carbocycles. The zero-order valence-electron chi connectivity index (χ0n) is 8.50. The summed E-state index contributed by atoms with van der Waals surface area (Å²) in [4.78, 5) is 3.50. The van der Waals surface area contributed by atoms with Crippen LogP contribution in [0.25, 0.3) is 0 Å². The van der Waals surface area contributed by atoms with Crippen molar-refractivity contribution in [3.8, 4) is 0 Å². The van der Waals surface area contributed by atoms with Crippen molar-refractivity contribution in [1.29, 1.82) is 0 Å². The van der Waals surface area contributed by atoms with E-state index in [-0.39, 0.29) is 17.4 Å². The molecule has 8 heteroatoms. The van der Waals surface area contributed by atoms with E-state index in [1.54, 1.807) is 0 Å². The number of aliphatic hydroxyl groups excluding tert-OH is 2. The van der Waals surface area contributed by atoms with Crippen molar-refractivity contribution < 1.29 is 23.4 Å². The average Bonchev–Trinajstić information content (AvgIpc) is 2.25. The van der Waals surface area contributed by atoms with Crippen LogP contribution in [0.1, 0.15) is 5.56 Å². The minimum Gasteiger partial charge on any atom is -0.394 e. The molecule has 1 heterocycles. The Morgan fingerprint density at radius 3 is 2.59 bits per heavy atom. The zero-order chi connectivity index (χ0) is 13.1. The topological polar surface area (TPSA) is 65.4 Å². The minimum absolute atomic E-state index is 0.0205. The monoisotopic (exact) mass is 270 g/mol. The van der Waals surface area contributed by atoms with Crippen LogP contribution in [0.15, 0.2) is 12.3 Å². The Morgan fingerprint density at radius 2 is 2.12 bits per heavy atom. The fourth-order valence-corrected chi connectivity index (χ4v) is 1.24. The second kappa shape index (κ2) is 5.52. The molecule has 0 aliphatic heterocycles. The van der Waals surface area contributed by atoms with Crippen LogP contribution in [0.4, 0.5) is 19.0 Å². The van der Waals surface area contributed by atoms with Crippen molar-refractivity contribution in [2.75, 3.05) is 18.5 Å². The molecular weight excluding hydrogens is 261 g/mol. The Bertz CT molecular complexity index is 387. The lowest BCUT2D eigenvalue weighted by molar-refractivity contribution is -0.137. The highest BCUT2D eigenvalue weighted by Gasteiger charge is 2.31. The van der Waals surface area contributed by atoms with E-state index in [1.165, 1.54) is 0 Å². The first-order valence-electron chi connectivity index (χ1n) is 4.60. The molecule has 17 heavy (non-hydrogen) atoms. The highest BCUT2D eigenvalue weighted by Crippen LogP contribution is 2.32. The molecule has 1 aromatic heterocycles. The van der Waals surface area contributed by atoms with Crippen molar-refractivity contribution in [2.45, 2.75) is 12.3 Å². The summed E-state index contributed by atoms with van der Waals surface area (Å²) in [5.74, 6) is 0.0205. The maximum absolute atomic E-state index is 12.3. The van der Waals surface area contributed by atoms with Crippen molar-refractivity contribution in [1.82, 2.24) is 4.98 Å². The predicted octanol–water partition coefficient (Wildman–Crippen LogP) is 1.52. The first kappa shape index (κ1) is 14.0. The van der Waals surface area contributed by atoms with E-state index in [4.69, 9.17) is 21.8 Å². The van der Waals surface area contributed by atoms with Crippen LogP contribution in [0.3, 0.4) is 0 Å². The van der Waals surface area contributed by atoms with Crippen LogP contribution in [0, 0.1) is 0 Å². The van der Waals surface area contributed by atoms with Gasteiger partial charge in [-0.15, -0.1) is 0 Å². The van der Waals surface area contributed by atoms with Gasteiger partial charge in [-0.05, 0) is 6.07 Å². The van der Waals surface area contributed by atoms with E-state index >= 15 is 0 Å². The number of nitrogens with one attached hydrogen (secondary N) is 1. The smallest absolute Gasteiger partial charge is 0.394 e. The molecular formula is C9H10ClF3N2O2. The van der Waals surface area contributed by atoms with Gasteiger partial charge >= 0.3 is 6.18 Å². The summed E-state index contributed by atoms with van der Waals surface area (Å²) in [7, 11) is 0. The molecule has 1 aromatic rings. The van der Waals surface area contributed by atoms with Crippen LogP contribution in [0.5, 0.6) is 0 Å². The molecule has 0 spiro atoms. The standard InChI is InChI=1S/C9H10ClF3N2O2/c10-7-1-5(9(11,12)13)2-14-8(7)15-3-6(17)4-16/h1-2,6,16-17H,3-4H2,(H,14,15)/t6-/m0/s1. The molecule has 0 radical (unpaired) electrons. The van der Waals surface area contributed by atoms with Crippen LogP contribution in [-0.2, 0) is 6.18 Å². The van der Waals surface area contributed by atoms with Crippen molar-refractivity contribution in [3.05, 3.63) is 22.8 Å². The van der Waals surface area contributed by atoms with Gasteiger partial charge in [-0.3, -0.25) is 0 Å². The molecule has 0 fully saturated rings. The molecule has 1 atom stereocenters. The number of rotatable bonds is 4. The zero-order valence-corrected chi connectivity index (χ0v) is 9.26. The van der Waals surface area contributed by atoms with Crippen molar-refractivity contribution >= 4 is 17.4 Å². The molecule has 0 unspecified atom stereocenters. The molecule has 4 nitrogen and oxygen atoms in total. The summed E-state index contributed by atoms with van der Waals surface area (Å²) in [6.45, 7) is -0.528. The molecule has 0 aliphatic rings. The first-order valence-corrected chi connectivity index (χ1v) is 4.98.